The van der Waals surface area contributed by atoms with Crippen LogP contribution in [0.15, 0.2) is 12.2 Å². The van der Waals surface area contributed by atoms with E-state index in [1.165, 1.54) is 25.7 Å². The number of aliphatic hydroxyl groups is 1. The molecule has 3 aliphatic carbocycles. The largest absolute Gasteiger partial charge is 0.392 e. The maximum absolute atomic E-state index is 10.4. The van der Waals surface area contributed by atoms with Gasteiger partial charge in [-0.1, -0.05) is 32.4 Å². The predicted octanol–water partition coefficient (Wildman–Crippen LogP) is 2.75. The van der Waals surface area contributed by atoms with Gasteiger partial charge in [0.1, 0.15) is 0 Å². The molecule has 5 unspecified atom stereocenters. The number of hydrogen-bond donors (Lipinski definition) is 1. The van der Waals surface area contributed by atoms with Crippen molar-refractivity contribution < 1.29 is 5.11 Å². The first-order chi connectivity index (χ1) is 6.59. The van der Waals surface area contributed by atoms with Crippen molar-refractivity contribution in [2.75, 3.05) is 0 Å². The fraction of sp³-hybridized carbons (Fsp3) is 0.846. The van der Waals surface area contributed by atoms with Crippen LogP contribution in [0.4, 0.5) is 0 Å². The maximum Gasteiger partial charge on any atom is 0.0664 e. The Morgan fingerprint density at radius 2 is 2.07 bits per heavy atom. The smallest absolute Gasteiger partial charge is 0.0664 e. The Bertz CT molecular complexity index is 296. The van der Waals surface area contributed by atoms with E-state index in [4.69, 9.17) is 0 Å². The van der Waals surface area contributed by atoms with Crippen LogP contribution in [0, 0.1) is 22.7 Å². The van der Waals surface area contributed by atoms with Gasteiger partial charge in [0.05, 0.1) is 6.10 Å². The van der Waals surface area contributed by atoms with Gasteiger partial charge in [-0.25, -0.2) is 0 Å². The van der Waals surface area contributed by atoms with Gasteiger partial charge in [-0.2, -0.15) is 0 Å². The van der Waals surface area contributed by atoms with Crippen molar-refractivity contribution in [2.45, 2.75) is 45.6 Å². The lowest BCUT2D eigenvalue weighted by atomic mass is 9.65. The zero-order valence-electron chi connectivity index (χ0n) is 9.16. The highest BCUT2D eigenvalue weighted by atomic mass is 16.3. The molecule has 0 bridgehead atoms. The highest BCUT2D eigenvalue weighted by Crippen LogP contribution is 2.68. The Hall–Kier alpha value is -0.300. The summed E-state index contributed by atoms with van der Waals surface area (Å²) in [6.45, 7) is 4.66. The zero-order valence-corrected chi connectivity index (χ0v) is 9.16. The zero-order chi connectivity index (χ0) is 9.97. The molecule has 0 saturated heterocycles. The number of hydrogen-bond acceptors (Lipinski definition) is 1. The van der Waals surface area contributed by atoms with Gasteiger partial charge in [0, 0.05) is 5.41 Å². The van der Waals surface area contributed by atoms with E-state index in [0.717, 1.165) is 5.92 Å². The molecule has 3 aliphatic rings. The minimum absolute atomic E-state index is 0.0722. The fourth-order valence-electron chi connectivity index (χ4n) is 4.55. The average molecular weight is 192 g/mol. The molecule has 0 aromatic carbocycles. The van der Waals surface area contributed by atoms with Crippen LogP contribution in [0.5, 0.6) is 0 Å². The second kappa shape index (κ2) is 2.44. The van der Waals surface area contributed by atoms with E-state index in [1.54, 1.807) is 0 Å². The number of fused-ring (bicyclic) bond motifs is 3. The molecule has 78 valence electrons. The van der Waals surface area contributed by atoms with E-state index in [-0.39, 0.29) is 11.5 Å². The SMILES string of the molecule is CC12C=CCC1(C)C1CCCC1C2O. The second-order valence-electron chi connectivity index (χ2n) is 5.95. The van der Waals surface area contributed by atoms with Crippen LogP contribution in [-0.4, -0.2) is 11.2 Å². The summed E-state index contributed by atoms with van der Waals surface area (Å²) in [6.07, 6.45) is 9.60. The van der Waals surface area contributed by atoms with Gasteiger partial charge in [-0.15, -0.1) is 0 Å². The molecular weight excluding hydrogens is 172 g/mol. The lowest BCUT2D eigenvalue weighted by Crippen LogP contribution is -2.37. The first-order valence-electron chi connectivity index (χ1n) is 5.95. The van der Waals surface area contributed by atoms with Crippen LogP contribution >= 0.6 is 0 Å². The average Bonchev–Trinajstić information content (AvgIpc) is 2.75. The number of allylic oxidation sites excluding steroid dienone is 1. The van der Waals surface area contributed by atoms with Crippen molar-refractivity contribution in [1.29, 1.82) is 0 Å². The molecule has 0 aromatic heterocycles. The number of rotatable bonds is 0. The Balaban J connectivity index is 2.09. The van der Waals surface area contributed by atoms with Gasteiger partial charge in [0.2, 0.25) is 0 Å². The summed E-state index contributed by atoms with van der Waals surface area (Å²) in [6, 6.07) is 0. The molecule has 14 heavy (non-hydrogen) atoms. The molecule has 0 aromatic rings. The summed E-state index contributed by atoms with van der Waals surface area (Å²) in [5, 5.41) is 10.4. The van der Waals surface area contributed by atoms with Gasteiger partial charge < -0.3 is 5.11 Å². The Labute approximate surface area is 86.2 Å². The van der Waals surface area contributed by atoms with Gasteiger partial charge in [-0.05, 0) is 36.5 Å². The first kappa shape index (κ1) is 8.96. The molecule has 1 nitrogen and oxygen atoms in total. The van der Waals surface area contributed by atoms with Crippen LogP contribution in [0.2, 0.25) is 0 Å². The summed E-state index contributed by atoms with van der Waals surface area (Å²) in [4.78, 5) is 0. The maximum atomic E-state index is 10.4. The fourth-order valence-corrected chi connectivity index (χ4v) is 4.55. The molecule has 2 fully saturated rings. The highest BCUT2D eigenvalue weighted by molar-refractivity contribution is 5.25. The molecule has 0 amide bonds. The summed E-state index contributed by atoms with van der Waals surface area (Å²) >= 11 is 0. The quantitative estimate of drug-likeness (QED) is 0.585. The standard InChI is InChI=1S/C13H20O/c1-12-7-4-8-13(12,2)11(14)9-5-3-6-10(9)12/h4,8-11,14H,3,5-7H2,1-2H3. The van der Waals surface area contributed by atoms with Crippen molar-refractivity contribution in [2.24, 2.45) is 22.7 Å². The highest BCUT2D eigenvalue weighted by Gasteiger charge is 2.64. The Morgan fingerprint density at radius 3 is 2.86 bits per heavy atom. The van der Waals surface area contributed by atoms with E-state index in [0.29, 0.717) is 11.3 Å². The minimum atomic E-state index is -0.0845. The molecule has 5 atom stereocenters. The van der Waals surface area contributed by atoms with Crippen molar-refractivity contribution in [3.05, 3.63) is 12.2 Å². The van der Waals surface area contributed by atoms with Crippen molar-refractivity contribution in [3.63, 3.8) is 0 Å². The number of aliphatic hydroxyl groups excluding tert-OH is 1. The topological polar surface area (TPSA) is 20.2 Å². The third-order valence-corrected chi connectivity index (χ3v) is 5.64. The predicted molar refractivity (Wildman–Crippen MR) is 56.8 cm³/mol. The minimum Gasteiger partial charge on any atom is -0.392 e. The lowest BCUT2D eigenvalue weighted by molar-refractivity contribution is 0.0245. The Morgan fingerprint density at radius 1 is 1.29 bits per heavy atom. The van der Waals surface area contributed by atoms with Crippen LogP contribution in [0.3, 0.4) is 0 Å². The molecule has 1 heteroatoms. The summed E-state index contributed by atoms with van der Waals surface area (Å²) in [7, 11) is 0. The van der Waals surface area contributed by atoms with Gasteiger partial charge >= 0.3 is 0 Å². The van der Waals surface area contributed by atoms with Gasteiger partial charge in [-0.3, -0.25) is 0 Å². The molecule has 2 saturated carbocycles. The van der Waals surface area contributed by atoms with Crippen molar-refractivity contribution >= 4 is 0 Å². The summed E-state index contributed by atoms with van der Waals surface area (Å²) in [5.41, 5.74) is 0.427. The molecule has 0 spiro atoms. The lowest BCUT2D eigenvalue weighted by Gasteiger charge is -2.39. The van der Waals surface area contributed by atoms with Crippen molar-refractivity contribution in [1.82, 2.24) is 0 Å². The molecule has 3 rings (SSSR count). The third-order valence-electron chi connectivity index (χ3n) is 5.64. The van der Waals surface area contributed by atoms with E-state index in [9.17, 15) is 5.11 Å². The van der Waals surface area contributed by atoms with Crippen LogP contribution in [0.1, 0.15) is 39.5 Å². The molecule has 0 heterocycles. The van der Waals surface area contributed by atoms with Crippen LogP contribution in [-0.2, 0) is 0 Å². The molecule has 0 radical (unpaired) electrons. The van der Waals surface area contributed by atoms with E-state index in [2.05, 4.69) is 26.0 Å². The molecule has 0 aliphatic heterocycles. The normalized spacial score (nSPS) is 60.4. The van der Waals surface area contributed by atoms with Gasteiger partial charge in [0.25, 0.3) is 0 Å². The summed E-state index contributed by atoms with van der Waals surface area (Å²) in [5.74, 6) is 1.37. The Kier molecular flexibility index (Phi) is 1.56. The van der Waals surface area contributed by atoms with Crippen LogP contribution in [0.25, 0.3) is 0 Å². The first-order valence-corrected chi connectivity index (χ1v) is 5.95. The molecular formula is C13H20O. The van der Waals surface area contributed by atoms with E-state index < -0.39 is 0 Å². The second-order valence-corrected chi connectivity index (χ2v) is 5.95. The monoisotopic (exact) mass is 192 g/mol. The van der Waals surface area contributed by atoms with Crippen LogP contribution < -0.4 is 0 Å². The summed E-state index contributed by atoms with van der Waals surface area (Å²) < 4.78 is 0. The van der Waals surface area contributed by atoms with E-state index in [1.807, 2.05) is 0 Å². The van der Waals surface area contributed by atoms with Crippen molar-refractivity contribution in [3.8, 4) is 0 Å². The van der Waals surface area contributed by atoms with Gasteiger partial charge in [0.15, 0.2) is 0 Å². The van der Waals surface area contributed by atoms with E-state index >= 15 is 0 Å². The molecule has 1 N–H and O–H groups in total. The third kappa shape index (κ3) is 0.735.